The third-order valence-corrected chi connectivity index (χ3v) is 3.17. The quantitative estimate of drug-likeness (QED) is 0.646. The van der Waals surface area contributed by atoms with Crippen molar-refractivity contribution in [1.82, 2.24) is 14.8 Å². The maximum absolute atomic E-state index is 8.76. The van der Waals surface area contributed by atoms with Gasteiger partial charge in [-0.3, -0.25) is 0 Å². The molecule has 0 spiro atoms. The van der Waals surface area contributed by atoms with Gasteiger partial charge in [-0.2, -0.15) is 10.4 Å². The second kappa shape index (κ2) is 2.79. The molecule has 2 aliphatic heterocycles. The lowest BCUT2D eigenvalue weighted by molar-refractivity contribution is 0.171. The highest BCUT2D eigenvalue weighted by Crippen LogP contribution is 2.44. The van der Waals surface area contributed by atoms with Gasteiger partial charge in [0.05, 0.1) is 25.3 Å². The minimum absolute atomic E-state index is 0.218. The standard InChI is InChI=1S/C9H10N4O/c10-2-1-6-7-3-14-4-8(7)13-9(6)11-5-12-13/h5-8H,1,3-4H2/t6?,7-,8-/m1/s1. The van der Waals surface area contributed by atoms with Crippen molar-refractivity contribution in [3.63, 3.8) is 0 Å². The predicted octanol–water partition coefficient (Wildman–Crippen LogP) is 0.476. The molecule has 1 aromatic heterocycles. The molecule has 2 aliphatic rings. The largest absolute Gasteiger partial charge is 0.379 e. The van der Waals surface area contributed by atoms with Crippen molar-refractivity contribution in [1.29, 1.82) is 5.26 Å². The van der Waals surface area contributed by atoms with E-state index >= 15 is 0 Å². The number of ether oxygens (including phenoxy) is 1. The summed E-state index contributed by atoms with van der Waals surface area (Å²) in [6.45, 7) is 1.45. The lowest BCUT2D eigenvalue weighted by Gasteiger charge is -2.11. The van der Waals surface area contributed by atoms with E-state index in [2.05, 4.69) is 16.2 Å². The summed E-state index contributed by atoms with van der Waals surface area (Å²) in [6.07, 6.45) is 2.08. The average Bonchev–Trinajstić information content (AvgIpc) is 2.83. The summed E-state index contributed by atoms with van der Waals surface area (Å²) in [6, 6.07) is 2.53. The Hall–Kier alpha value is -1.41. The summed E-state index contributed by atoms with van der Waals surface area (Å²) in [4.78, 5) is 4.22. The minimum atomic E-state index is 0.218. The van der Waals surface area contributed by atoms with Gasteiger partial charge in [-0.15, -0.1) is 0 Å². The molecule has 1 aromatic rings. The Balaban J connectivity index is 2.03. The first kappa shape index (κ1) is 7.94. The van der Waals surface area contributed by atoms with Gasteiger partial charge < -0.3 is 4.74 Å². The smallest absolute Gasteiger partial charge is 0.138 e. The summed E-state index contributed by atoms with van der Waals surface area (Å²) >= 11 is 0. The second-order valence-electron chi connectivity index (χ2n) is 3.80. The number of nitriles is 1. The SMILES string of the molecule is N#CCC1c2ncnn2[C@@H]2COC[C@H]12. The van der Waals surface area contributed by atoms with Crippen LogP contribution in [0.25, 0.3) is 0 Å². The van der Waals surface area contributed by atoms with Crippen LogP contribution >= 0.6 is 0 Å². The molecule has 0 amide bonds. The Kier molecular flexibility index (Phi) is 1.58. The first-order valence-corrected chi connectivity index (χ1v) is 4.76. The van der Waals surface area contributed by atoms with Gasteiger partial charge in [-0.1, -0.05) is 0 Å². The van der Waals surface area contributed by atoms with Crippen molar-refractivity contribution >= 4 is 0 Å². The van der Waals surface area contributed by atoms with Crippen molar-refractivity contribution in [2.75, 3.05) is 13.2 Å². The van der Waals surface area contributed by atoms with Crippen molar-refractivity contribution < 1.29 is 4.74 Å². The van der Waals surface area contributed by atoms with E-state index in [-0.39, 0.29) is 5.92 Å². The van der Waals surface area contributed by atoms with E-state index in [0.29, 0.717) is 25.0 Å². The fourth-order valence-electron chi connectivity index (χ4n) is 2.51. The van der Waals surface area contributed by atoms with Gasteiger partial charge in [0.15, 0.2) is 0 Å². The highest BCUT2D eigenvalue weighted by molar-refractivity contribution is 5.13. The molecule has 0 saturated carbocycles. The molecule has 1 saturated heterocycles. The van der Waals surface area contributed by atoms with Gasteiger partial charge >= 0.3 is 0 Å². The molecule has 5 nitrogen and oxygen atoms in total. The van der Waals surface area contributed by atoms with Gasteiger partial charge in [0.1, 0.15) is 12.2 Å². The van der Waals surface area contributed by atoms with Crippen LogP contribution in [0.1, 0.15) is 24.2 Å². The molecule has 72 valence electrons. The summed E-state index contributed by atoms with van der Waals surface area (Å²) in [7, 11) is 0. The van der Waals surface area contributed by atoms with Crippen LogP contribution in [0.15, 0.2) is 6.33 Å². The van der Waals surface area contributed by atoms with Gasteiger partial charge in [-0.25, -0.2) is 9.67 Å². The average molecular weight is 190 g/mol. The molecule has 3 heterocycles. The summed E-state index contributed by atoms with van der Waals surface area (Å²) in [5.74, 6) is 1.59. The topological polar surface area (TPSA) is 63.7 Å². The molecule has 0 aromatic carbocycles. The lowest BCUT2D eigenvalue weighted by atomic mass is 9.90. The fourth-order valence-corrected chi connectivity index (χ4v) is 2.51. The third-order valence-electron chi connectivity index (χ3n) is 3.17. The fraction of sp³-hybridized carbons (Fsp3) is 0.667. The first-order valence-electron chi connectivity index (χ1n) is 4.76. The Labute approximate surface area is 81.3 Å². The van der Waals surface area contributed by atoms with Crippen molar-refractivity contribution in [3.05, 3.63) is 12.2 Å². The van der Waals surface area contributed by atoms with Crippen LogP contribution in [0.3, 0.4) is 0 Å². The first-order chi connectivity index (χ1) is 6.92. The molecule has 0 radical (unpaired) electrons. The van der Waals surface area contributed by atoms with E-state index in [9.17, 15) is 0 Å². The van der Waals surface area contributed by atoms with Gasteiger partial charge in [0.25, 0.3) is 0 Å². The van der Waals surface area contributed by atoms with Crippen LogP contribution in [0.2, 0.25) is 0 Å². The molecule has 14 heavy (non-hydrogen) atoms. The number of hydrogen-bond acceptors (Lipinski definition) is 4. The lowest BCUT2D eigenvalue weighted by Crippen LogP contribution is -2.13. The van der Waals surface area contributed by atoms with Crippen LogP contribution in [0.4, 0.5) is 0 Å². The number of nitrogens with zero attached hydrogens (tertiary/aromatic N) is 4. The maximum atomic E-state index is 8.76. The number of hydrogen-bond donors (Lipinski definition) is 0. The Bertz CT molecular complexity index is 394. The van der Waals surface area contributed by atoms with E-state index in [1.54, 1.807) is 6.33 Å². The Morgan fingerprint density at radius 1 is 1.64 bits per heavy atom. The van der Waals surface area contributed by atoms with E-state index in [1.807, 2.05) is 4.68 Å². The van der Waals surface area contributed by atoms with Crippen molar-refractivity contribution in [2.24, 2.45) is 5.92 Å². The van der Waals surface area contributed by atoms with E-state index in [0.717, 1.165) is 12.4 Å². The minimum Gasteiger partial charge on any atom is -0.379 e. The molecule has 1 unspecified atom stereocenters. The van der Waals surface area contributed by atoms with Gasteiger partial charge in [0, 0.05) is 18.3 Å². The molecule has 0 N–H and O–H groups in total. The Morgan fingerprint density at radius 3 is 3.43 bits per heavy atom. The molecular weight excluding hydrogens is 180 g/mol. The van der Waals surface area contributed by atoms with Crippen LogP contribution in [-0.2, 0) is 4.74 Å². The maximum Gasteiger partial charge on any atom is 0.138 e. The molecule has 0 aliphatic carbocycles. The highest BCUT2D eigenvalue weighted by Gasteiger charge is 2.45. The molecule has 3 rings (SSSR count). The van der Waals surface area contributed by atoms with Crippen LogP contribution in [-0.4, -0.2) is 28.0 Å². The van der Waals surface area contributed by atoms with E-state index in [4.69, 9.17) is 10.00 Å². The van der Waals surface area contributed by atoms with Crippen LogP contribution in [0, 0.1) is 17.2 Å². The van der Waals surface area contributed by atoms with Gasteiger partial charge in [-0.05, 0) is 0 Å². The zero-order valence-electron chi connectivity index (χ0n) is 7.63. The third kappa shape index (κ3) is 0.863. The predicted molar refractivity (Wildman–Crippen MR) is 46.3 cm³/mol. The normalized spacial score (nSPS) is 33.8. The monoisotopic (exact) mass is 190 g/mol. The number of fused-ring (bicyclic) bond motifs is 3. The number of aromatic nitrogens is 3. The summed E-state index contributed by atoms with van der Waals surface area (Å²) in [5, 5.41) is 12.9. The molecule has 5 heteroatoms. The molecular formula is C9H10N4O. The van der Waals surface area contributed by atoms with E-state index < -0.39 is 0 Å². The molecule has 3 atom stereocenters. The second-order valence-corrected chi connectivity index (χ2v) is 3.80. The van der Waals surface area contributed by atoms with Gasteiger partial charge in [0.2, 0.25) is 0 Å². The van der Waals surface area contributed by atoms with E-state index in [1.165, 1.54) is 0 Å². The molecule has 0 bridgehead atoms. The van der Waals surface area contributed by atoms with Crippen molar-refractivity contribution in [3.8, 4) is 6.07 Å². The Morgan fingerprint density at radius 2 is 2.57 bits per heavy atom. The summed E-state index contributed by atoms with van der Waals surface area (Å²) < 4.78 is 7.35. The van der Waals surface area contributed by atoms with Crippen LogP contribution in [0.5, 0.6) is 0 Å². The zero-order valence-corrected chi connectivity index (χ0v) is 7.63. The van der Waals surface area contributed by atoms with Crippen LogP contribution < -0.4 is 0 Å². The number of rotatable bonds is 1. The highest BCUT2D eigenvalue weighted by atomic mass is 16.5. The van der Waals surface area contributed by atoms with Crippen molar-refractivity contribution in [2.45, 2.75) is 18.4 Å². The summed E-state index contributed by atoms with van der Waals surface area (Å²) in [5.41, 5.74) is 0. The molecule has 1 fully saturated rings. The zero-order chi connectivity index (χ0) is 9.54.